The summed E-state index contributed by atoms with van der Waals surface area (Å²) in [5.74, 6) is -1.63. The molecule has 8 N–H and O–H groups in total. The molecule has 2 aliphatic heterocycles. The Morgan fingerprint density at radius 1 is 0.875 bits per heavy atom. The summed E-state index contributed by atoms with van der Waals surface area (Å²) in [6.45, 7) is -0.738. The van der Waals surface area contributed by atoms with Crippen molar-refractivity contribution in [1.29, 1.82) is 0 Å². The standard InChI is InChI=1S/C12H20O12/c13-1-2-3(14)4(15)7(18)12(22-2)24-8-5(16)6(17)11(21)23-9(8)10(19)20/h2-9,11-18,21H,1H2,(H,19,20)/t2-,3-,4+,5-,6-,7-,8+,9+,11+,12-/m1/s1. The zero-order valence-corrected chi connectivity index (χ0v) is 12.2. The van der Waals surface area contributed by atoms with Gasteiger partial charge in [-0.2, -0.15) is 0 Å². The van der Waals surface area contributed by atoms with Crippen molar-refractivity contribution >= 4 is 5.97 Å². The second kappa shape index (κ2) is 7.53. The van der Waals surface area contributed by atoms with E-state index in [1.54, 1.807) is 0 Å². The van der Waals surface area contributed by atoms with E-state index in [9.17, 15) is 35.4 Å². The van der Waals surface area contributed by atoms with Crippen molar-refractivity contribution in [3.63, 3.8) is 0 Å². The molecule has 24 heavy (non-hydrogen) atoms. The minimum Gasteiger partial charge on any atom is -0.479 e. The Bertz CT molecular complexity index is 444. The highest BCUT2D eigenvalue weighted by Gasteiger charge is 2.52. The number of hydrogen-bond acceptors (Lipinski definition) is 11. The van der Waals surface area contributed by atoms with Crippen LogP contribution in [0.1, 0.15) is 0 Å². The first-order valence-electron chi connectivity index (χ1n) is 7.07. The number of ether oxygens (including phenoxy) is 3. The predicted molar refractivity (Wildman–Crippen MR) is 69.2 cm³/mol. The summed E-state index contributed by atoms with van der Waals surface area (Å²) in [6, 6.07) is 0. The highest BCUT2D eigenvalue weighted by molar-refractivity contribution is 5.73. The Morgan fingerprint density at radius 2 is 1.50 bits per heavy atom. The van der Waals surface area contributed by atoms with Crippen LogP contribution in [0.4, 0.5) is 0 Å². The number of aliphatic hydroxyl groups excluding tert-OH is 7. The molecule has 0 aromatic carbocycles. The maximum atomic E-state index is 11.2. The third kappa shape index (κ3) is 3.52. The normalized spacial score (nSPS) is 49.8. The van der Waals surface area contributed by atoms with Crippen molar-refractivity contribution in [3.8, 4) is 0 Å². The number of hydrogen-bond donors (Lipinski definition) is 8. The molecular formula is C12H20O12. The van der Waals surface area contributed by atoms with Gasteiger partial charge in [0.25, 0.3) is 0 Å². The monoisotopic (exact) mass is 356 g/mol. The van der Waals surface area contributed by atoms with Crippen molar-refractivity contribution in [1.82, 2.24) is 0 Å². The highest BCUT2D eigenvalue weighted by Crippen LogP contribution is 2.28. The minimum atomic E-state index is -1.98. The Balaban J connectivity index is 2.18. The Morgan fingerprint density at radius 3 is 2.04 bits per heavy atom. The summed E-state index contributed by atoms with van der Waals surface area (Å²) < 4.78 is 14.8. The van der Waals surface area contributed by atoms with Crippen LogP contribution in [0.25, 0.3) is 0 Å². The number of carboxylic acid groups (broad SMARTS) is 1. The number of aliphatic carboxylic acids is 1. The molecule has 12 nitrogen and oxygen atoms in total. The topological polar surface area (TPSA) is 207 Å². The smallest absolute Gasteiger partial charge is 0.335 e. The molecule has 2 rings (SSSR count). The van der Waals surface area contributed by atoms with Crippen LogP contribution in [-0.4, -0.2) is 115 Å². The molecule has 0 unspecified atom stereocenters. The summed E-state index contributed by atoms with van der Waals surface area (Å²) in [7, 11) is 0. The largest absolute Gasteiger partial charge is 0.479 e. The first kappa shape index (κ1) is 19.4. The third-order valence-electron chi connectivity index (χ3n) is 3.95. The van der Waals surface area contributed by atoms with Gasteiger partial charge in [0.1, 0.15) is 42.7 Å². The number of aliphatic hydroxyl groups is 7. The van der Waals surface area contributed by atoms with Crippen molar-refractivity contribution in [2.45, 2.75) is 61.4 Å². The second-order valence-corrected chi connectivity index (χ2v) is 5.56. The van der Waals surface area contributed by atoms with Gasteiger partial charge in [-0.25, -0.2) is 4.79 Å². The van der Waals surface area contributed by atoms with E-state index in [1.165, 1.54) is 0 Å². The van der Waals surface area contributed by atoms with Crippen LogP contribution in [-0.2, 0) is 19.0 Å². The van der Waals surface area contributed by atoms with E-state index in [-0.39, 0.29) is 0 Å². The third-order valence-corrected chi connectivity index (χ3v) is 3.95. The molecule has 0 aromatic heterocycles. The van der Waals surface area contributed by atoms with E-state index in [1.807, 2.05) is 0 Å². The molecule has 0 radical (unpaired) electrons. The Kier molecular flexibility index (Phi) is 6.09. The molecule has 2 fully saturated rings. The molecule has 0 spiro atoms. The Labute approximate surface area is 135 Å². The molecule has 2 aliphatic rings. The fourth-order valence-corrected chi connectivity index (χ4v) is 2.54. The molecule has 0 bridgehead atoms. The molecule has 12 heteroatoms. The van der Waals surface area contributed by atoms with Crippen LogP contribution >= 0.6 is 0 Å². The predicted octanol–water partition coefficient (Wildman–Crippen LogP) is -5.30. The average molecular weight is 356 g/mol. The molecular weight excluding hydrogens is 336 g/mol. The first-order valence-corrected chi connectivity index (χ1v) is 7.07. The lowest BCUT2D eigenvalue weighted by Gasteiger charge is -2.44. The lowest BCUT2D eigenvalue weighted by Crippen LogP contribution is -2.65. The lowest BCUT2D eigenvalue weighted by molar-refractivity contribution is -0.350. The van der Waals surface area contributed by atoms with E-state index < -0.39 is 74.0 Å². The summed E-state index contributed by atoms with van der Waals surface area (Å²) in [5.41, 5.74) is 0. The lowest BCUT2D eigenvalue weighted by atomic mass is 9.97. The van der Waals surface area contributed by atoms with Gasteiger partial charge in [-0.1, -0.05) is 0 Å². The summed E-state index contributed by atoms with van der Waals surface area (Å²) in [5, 5.41) is 76.2. The van der Waals surface area contributed by atoms with Crippen LogP contribution in [0.5, 0.6) is 0 Å². The molecule has 10 atom stereocenters. The second-order valence-electron chi connectivity index (χ2n) is 5.56. The fourth-order valence-electron chi connectivity index (χ4n) is 2.54. The first-order chi connectivity index (χ1) is 11.2. The van der Waals surface area contributed by atoms with E-state index in [2.05, 4.69) is 4.74 Å². The fraction of sp³-hybridized carbons (Fsp3) is 0.917. The van der Waals surface area contributed by atoms with Gasteiger partial charge in [-0.3, -0.25) is 0 Å². The van der Waals surface area contributed by atoms with Crippen molar-refractivity contribution in [3.05, 3.63) is 0 Å². The van der Waals surface area contributed by atoms with Crippen LogP contribution < -0.4 is 0 Å². The Hall–Kier alpha value is -0.930. The highest BCUT2D eigenvalue weighted by atomic mass is 16.7. The van der Waals surface area contributed by atoms with Crippen LogP contribution in [0, 0.1) is 0 Å². The van der Waals surface area contributed by atoms with E-state index >= 15 is 0 Å². The molecule has 0 aromatic rings. The maximum Gasteiger partial charge on any atom is 0.335 e. The van der Waals surface area contributed by atoms with Gasteiger partial charge in [-0.05, 0) is 0 Å². The van der Waals surface area contributed by atoms with Gasteiger partial charge in [0.15, 0.2) is 18.7 Å². The van der Waals surface area contributed by atoms with Crippen molar-refractivity contribution in [2.75, 3.05) is 6.61 Å². The maximum absolute atomic E-state index is 11.2. The van der Waals surface area contributed by atoms with E-state index in [0.29, 0.717) is 0 Å². The van der Waals surface area contributed by atoms with Gasteiger partial charge in [0.05, 0.1) is 6.61 Å². The van der Waals surface area contributed by atoms with E-state index in [4.69, 9.17) is 19.7 Å². The summed E-state index contributed by atoms with van der Waals surface area (Å²) >= 11 is 0. The zero-order valence-electron chi connectivity index (χ0n) is 12.2. The summed E-state index contributed by atoms with van der Waals surface area (Å²) in [6.07, 6.45) is -17.8. The van der Waals surface area contributed by atoms with Crippen molar-refractivity contribution < 1.29 is 59.9 Å². The number of rotatable bonds is 4. The van der Waals surface area contributed by atoms with Gasteiger partial charge in [-0.15, -0.1) is 0 Å². The SMILES string of the molecule is O=C(O)[C@H]1O[C@H](O)[C@H](O)[C@@H](O)[C@@H]1O[C@H]1O[C@H](CO)[C@@H](O)[C@H](O)[C@H]1O. The quantitative estimate of drug-likeness (QED) is 0.238. The van der Waals surface area contributed by atoms with Crippen molar-refractivity contribution in [2.24, 2.45) is 0 Å². The minimum absolute atomic E-state index is 0.738. The molecule has 2 heterocycles. The van der Waals surface area contributed by atoms with Crippen LogP contribution in [0.2, 0.25) is 0 Å². The van der Waals surface area contributed by atoms with Gasteiger partial charge in [0, 0.05) is 0 Å². The number of carboxylic acids is 1. The average Bonchev–Trinajstić information content (AvgIpc) is 2.54. The van der Waals surface area contributed by atoms with E-state index in [0.717, 1.165) is 0 Å². The molecule has 2 saturated heterocycles. The molecule has 0 saturated carbocycles. The van der Waals surface area contributed by atoms with Gasteiger partial charge in [0.2, 0.25) is 0 Å². The molecule has 140 valence electrons. The molecule has 0 amide bonds. The zero-order chi connectivity index (χ0) is 18.2. The van der Waals surface area contributed by atoms with Gasteiger partial charge >= 0.3 is 5.97 Å². The summed E-state index contributed by atoms with van der Waals surface area (Å²) in [4.78, 5) is 11.2. The van der Waals surface area contributed by atoms with Crippen LogP contribution in [0.15, 0.2) is 0 Å². The van der Waals surface area contributed by atoms with Gasteiger partial charge < -0.3 is 55.1 Å². The molecule has 0 aliphatic carbocycles. The van der Waals surface area contributed by atoms with Crippen LogP contribution in [0.3, 0.4) is 0 Å². The number of carbonyl (C=O) groups is 1.